The molecular formula is C16H18FN3O. The molecule has 110 valence electrons. The molecule has 0 saturated heterocycles. The number of halogens is 1. The lowest BCUT2D eigenvalue weighted by Crippen LogP contribution is -2.24. The standard InChI is InChI=1S/C16H18FN3O/c17-14-8-4-5-9-15(14)20-11-13(10-18-20)19-16(21)12-6-2-1-3-7-12/h4-5,8-12H,1-3,6-7H2,(H,19,21). The molecular weight excluding hydrogens is 269 g/mol. The molecule has 0 bridgehead atoms. The zero-order valence-electron chi connectivity index (χ0n) is 11.8. The van der Waals surface area contributed by atoms with Crippen LogP contribution in [-0.2, 0) is 4.79 Å². The number of aromatic nitrogens is 2. The van der Waals surface area contributed by atoms with Gasteiger partial charge in [0.15, 0.2) is 0 Å². The van der Waals surface area contributed by atoms with Gasteiger partial charge in [0.05, 0.1) is 18.1 Å². The predicted molar refractivity (Wildman–Crippen MR) is 78.7 cm³/mol. The second kappa shape index (κ2) is 6.08. The number of carbonyl (C=O) groups excluding carboxylic acids is 1. The number of carbonyl (C=O) groups is 1. The molecule has 3 rings (SSSR count). The van der Waals surface area contributed by atoms with Crippen LogP contribution in [0.4, 0.5) is 10.1 Å². The first-order valence-electron chi connectivity index (χ1n) is 7.34. The van der Waals surface area contributed by atoms with Crippen molar-refractivity contribution >= 4 is 11.6 Å². The largest absolute Gasteiger partial charge is 0.323 e. The molecule has 1 aromatic heterocycles. The van der Waals surface area contributed by atoms with E-state index in [1.54, 1.807) is 30.6 Å². The SMILES string of the molecule is O=C(Nc1cnn(-c2ccccc2F)c1)C1CCCCC1. The Labute approximate surface area is 123 Å². The molecule has 1 aromatic carbocycles. The van der Waals surface area contributed by atoms with Gasteiger partial charge in [-0.25, -0.2) is 9.07 Å². The molecule has 1 fully saturated rings. The van der Waals surface area contributed by atoms with Gasteiger partial charge in [-0.3, -0.25) is 4.79 Å². The van der Waals surface area contributed by atoms with Gasteiger partial charge >= 0.3 is 0 Å². The van der Waals surface area contributed by atoms with Gasteiger partial charge in [0.1, 0.15) is 11.5 Å². The molecule has 0 spiro atoms. The summed E-state index contributed by atoms with van der Waals surface area (Å²) in [5.74, 6) is -0.205. The summed E-state index contributed by atoms with van der Waals surface area (Å²) >= 11 is 0. The maximum Gasteiger partial charge on any atom is 0.227 e. The molecule has 1 amide bonds. The highest BCUT2D eigenvalue weighted by atomic mass is 19.1. The molecule has 0 radical (unpaired) electrons. The van der Waals surface area contributed by atoms with Crippen LogP contribution >= 0.6 is 0 Å². The Hall–Kier alpha value is -2.17. The molecule has 0 unspecified atom stereocenters. The Bertz CT molecular complexity index is 632. The fourth-order valence-corrected chi connectivity index (χ4v) is 2.77. The molecule has 1 aliphatic rings. The summed E-state index contributed by atoms with van der Waals surface area (Å²) in [5.41, 5.74) is 0.976. The molecule has 0 atom stereocenters. The van der Waals surface area contributed by atoms with Crippen LogP contribution in [0.1, 0.15) is 32.1 Å². The van der Waals surface area contributed by atoms with Crippen molar-refractivity contribution in [2.45, 2.75) is 32.1 Å². The predicted octanol–water partition coefficient (Wildman–Crippen LogP) is 3.53. The van der Waals surface area contributed by atoms with Crippen LogP contribution < -0.4 is 5.32 Å². The lowest BCUT2D eigenvalue weighted by Gasteiger charge is -2.20. The Morgan fingerprint density at radius 3 is 2.76 bits per heavy atom. The second-order valence-corrected chi connectivity index (χ2v) is 5.45. The number of rotatable bonds is 3. The van der Waals surface area contributed by atoms with Crippen LogP contribution in [0.25, 0.3) is 5.69 Å². The highest BCUT2D eigenvalue weighted by molar-refractivity contribution is 5.92. The molecule has 1 saturated carbocycles. The normalized spacial score (nSPS) is 15.9. The first-order chi connectivity index (χ1) is 10.2. The third-order valence-corrected chi connectivity index (χ3v) is 3.93. The molecule has 2 aromatic rings. The molecule has 1 heterocycles. The number of hydrogen-bond donors (Lipinski definition) is 1. The van der Waals surface area contributed by atoms with Gasteiger partial charge < -0.3 is 5.32 Å². The van der Waals surface area contributed by atoms with E-state index in [0.29, 0.717) is 11.4 Å². The fraction of sp³-hybridized carbons (Fsp3) is 0.375. The minimum atomic E-state index is -0.342. The number of nitrogens with one attached hydrogen (secondary N) is 1. The Morgan fingerprint density at radius 1 is 1.24 bits per heavy atom. The van der Waals surface area contributed by atoms with Crippen molar-refractivity contribution in [3.63, 3.8) is 0 Å². The number of anilines is 1. The van der Waals surface area contributed by atoms with E-state index >= 15 is 0 Å². The molecule has 1 aliphatic carbocycles. The van der Waals surface area contributed by atoms with E-state index in [2.05, 4.69) is 10.4 Å². The van der Waals surface area contributed by atoms with Crippen molar-refractivity contribution in [1.29, 1.82) is 0 Å². The van der Waals surface area contributed by atoms with Crippen LogP contribution in [0.15, 0.2) is 36.7 Å². The van der Waals surface area contributed by atoms with Gasteiger partial charge in [-0.2, -0.15) is 5.10 Å². The fourth-order valence-electron chi connectivity index (χ4n) is 2.77. The monoisotopic (exact) mass is 287 g/mol. The summed E-state index contributed by atoms with van der Waals surface area (Å²) in [6.07, 6.45) is 8.54. The summed E-state index contributed by atoms with van der Waals surface area (Å²) < 4.78 is 15.1. The average molecular weight is 287 g/mol. The van der Waals surface area contributed by atoms with Gasteiger partial charge in [-0.05, 0) is 25.0 Å². The Balaban J connectivity index is 1.70. The van der Waals surface area contributed by atoms with Crippen LogP contribution in [0.2, 0.25) is 0 Å². The number of amides is 1. The first kappa shape index (κ1) is 13.8. The lowest BCUT2D eigenvalue weighted by molar-refractivity contribution is -0.120. The summed E-state index contributed by atoms with van der Waals surface area (Å²) in [7, 11) is 0. The summed E-state index contributed by atoms with van der Waals surface area (Å²) in [6, 6.07) is 6.42. The number of nitrogens with zero attached hydrogens (tertiary/aromatic N) is 2. The van der Waals surface area contributed by atoms with Gasteiger partial charge in [0.2, 0.25) is 5.91 Å². The topological polar surface area (TPSA) is 46.9 Å². The smallest absolute Gasteiger partial charge is 0.227 e. The highest BCUT2D eigenvalue weighted by Crippen LogP contribution is 2.25. The Kier molecular flexibility index (Phi) is 3.99. The van der Waals surface area contributed by atoms with Crippen LogP contribution in [-0.4, -0.2) is 15.7 Å². The zero-order chi connectivity index (χ0) is 14.7. The minimum absolute atomic E-state index is 0.0442. The van der Waals surface area contributed by atoms with Crippen LogP contribution in [0.5, 0.6) is 0 Å². The van der Waals surface area contributed by atoms with E-state index in [-0.39, 0.29) is 17.6 Å². The van der Waals surface area contributed by atoms with Crippen molar-refractivity contribution in [1.82, 2.24) is 9.78 Å². The van der Waals surface area contributed by atoms with Crippen molar-refractivity contribution < 1.29 is 9.18 Å². The number of benzene rings is 1. The van der Waals surface area contributed by atoms with Gasteiger partial charge in [-0.1, -0.05) is 31.4 Å². The first-order valence-corrected chi connectivity index (χ1v) is 7.34. The molecule has 1 N–H and O–H groups in total. The third kappa shape index (κ3) is 3.12. The van der Waals surface area contributed by atoms with E-state index in [9.17, 15) is 9.18 Å². The number of para-hydroxylation sites is 1. The van der Waals surface area contributed by atoms with Gasteiger partial charge in [0, 0.05) is 5.92 Å². The van der Waals surface area contributed by atoms with E-state index in [0.717, 1.165) is 25.7 Å². The zero-order valence-corrected chi connectivity index (χ0v) is 11.8. The summed E-state index contributed by atoms with van der Waals surface area (Å²) in [5, 5.41) is 6.98. The molecule has 0 aliphatic heterocycles. The van der Waals surface area contributed by atoms with Gasteiger partial charge in [-0.15, -0.1) is 0 Å². The summed E-state index contributed by atoms with van der Waals surface area (Å²) in [4.78, 5) is 12.2. The van der Waals surface area contributed by atoms with E-state index < -0.39 is 0 Å². The van der Waals surface area contributed by atoms with Crippen molar-refractivity contribution in [2.24, 2.45) is 5.92 Å². The van der Waals surface area contributed by atoms with Crippen LogP contribution in [0, 0.1) is 11.7 Å². The molecule has 21 heavy (non-hydrogen) atoms. The highest BCUT2D eigenvalue weighted by Gasteiger charge is 2.21. The van der Waals surface area contributed by atoms with E-state index in [1.807, 2.05) is 0 Å². The van der Waals surface area contributed by atoms with Gasteiger partial charge in [0.25, 0.3) is 0 Å². The van der Waals surface area contributed by atoms with Crippen molar-refractivity contribution in [2.75, 3.05) is 5.32 Å². The Morgan fingerprint density at radius 2 is 2.00 bits per heavy atom. The molecule has 5 heteroatoms. The average Bonchev–Trinajstić information content (AvgIpc) is 2.97. The number of hydrogen-bond acceptors (Lipinski definition) is 2. The summed E-state index contributed by atoms with van der Waals surface area (Å²) in [6.45, 7) is 0. The second-order valence-electron chi connectivity index (χ2n) is 5.45. The van der Waals surface area contributed by atoms with E-state index in [1.165, 1.54) is 17.2 Å². The van der Waals surface area contributed by atoms with Crippen molar-refractivity contribution in [3.8, 4) is 5.69 Å². The van der Waals surface area contributed by atoms with Crippen LogP contribution in [0.3, 0.4) is 0 Å². The maximum absolute atomic E-state index is 13.7. The minimum Gasteiger partial charge on any atom is -0.323 e. The van der Waals surface area contributed by atoms with E-state index in [4.69, 9.17) is 0 Å². The third-order valence-electron chi connectivity index (χ3n) is 3.93. The quantitative estimate of drug-likeness (QED) is 0.938. The molecule has 4 nitrogen and oxygen atoms in total. The lowest BCUT2D eigenvalue weighted by atomic mass is 9.89. The van der Waals surface area contributed by atoms with Crippen molar-refractivity contribution in [3.05, 3.63) is 42.5 Å². The maximum atomic E-state index is 13.7.